The van der Waals surface area contributed by atoms with Gasteiger partial charge in [0.1, 0.15) is 6.26 Å². The predicted octanol–water partition coefficient (Wildman–Crippen LogP) is 3.63. The molecule has 0 aromatic carbocycles. The third-order valence-electron chi connectivity index (χ3n) is 3.76. The van der Waals surface area contributed by atoms with E-state index in [9.17, 15) is 14.4 Å². The number of unbranched alkanes of at least 4 members (excludes halogenated alkanes) is 3. The fourth-order valence-corrected chi connectivity index (χ4v) is 2.10. The molecule has 0 unspecified atom stereocenters. The van der Waals surface area contributed by atoms with E-state index in [1.54, 1.807) is 0 Å². The second-order valence-electron chi connectivity index (χ2n) is 6.33. The third kappa shape index (κ3) is 10.9. The van der Waals surface area contributed by atoms with Crippen molar-refractivity contribution in [3.05, 3.63) is 12.8 Å². The predicted molar refractivity (Wildman–Crippen MR) is 102 cm³/mol. The van der Waals surface area contributed by atoms with Gasteiger partial charge in [0.05, 0.1) is 32.7 Å². The minimum absolute atomic E-state index is 0.129. The van der Waals surface area contributed by atoms with Crippen LogP contribution in [0.5, 0.6) is 0 Å². The van der Waals surface area contributed by atoms with Crippen LogP contribution in [0.25, 0.3) is 0 Å². The van der Waals surface area contributed by atoms with Gasteiger partial charge >= 0.3 is 17.9 Å². The highest BCUT2D eigenvalue weighted by Gasteiger charge is 2.49. The van der Waals surface area contributed by atoms with E-state index in [4.69, 9.17) is 24.0 Å². The second kappa shape index (κ2) is 15.9. The summed E-state index contributed by atoms with van der Waals surface area (Å²) in [5.41, 5.74) is -2.01. The van der Waals surface area contributed by atoms with Crippen LogP contribution in [0.2, 0.25) is 0 Å². The number of rotatable bonds is 17. The third-order valence-corrected chi connectivity index (χ3v) is 3.76. The molecule has 0 aliphatic rings. The summed E-state index contributed by atoms with van der Waals surface area (Å²) in [5, 5.41) is 0. The van der Waals surface area contributed by atoms with Crippen molar-refractivity contribution in [2.75, 3.05) is 19.8 Å². The van der Waals surface area contributed by atoms with Crippen LogP contribution in [-0.4, -0.2) is 43.3 Å². The van der Waals surface area contributed by atoms with E-state index >= 15 is 0 Å². The molecule has 0 saturated carbocycles. The summed E-state index contributed by atoms with van der Waals surface area (Å²) < 4.78 is 15.4. The molecule has 0 N–H and O–H groups in total. The van der Waals surface area contributed by atoms with Crippen LogP contribution in [0.4, 0.5) is 0 Å². The van der Waals surface area contributed by atoms with E-state index in [0.717, 1.165) is 25.5 Å². The fourth-order valence-electron chi connectivity index (χ4n) is 2.10. The molecule has 0 amide bonds. The standard InChI is InChI=1S/C20H34O8/c1-5-9-12-24-17(21)15-20(28-27-8-4,19(23)26-14-11-7-3)16-18(22)25-13-10-6-2/h8H,4-7,9-16H2,1-3H3. The molecule has 0 spiro atoms. The molecule has 28 heavy (non-hydrogen) atoms. The molecule has 0 fully saturated rings. The number of hydrogen-bond acceptors (Lipinski definition) is 8. The van der Waals surface area contributed by atoms with Crippen molar-refractivity contribution in [3.63, 3.8) is 0 Å². The van der Waals surface area contributed by atoms with Crippen LogP contribution in [0.1, 0.15) is 72.1 Å². The minimum Gasteiger partial charge on any atom is -0.466 e. The van der Waals surface area contributed by atoms with Gasteiger partial charge in [-0.1, -0.05) is 46.6 Å². The van der Waals surface area contributed by atoms with E-state index < -0.39 is 36.4 Å². The van der Waals surface area contributed by atoms with Crippen LogP contribution in [0.3, 0.4) is 0 Å². The molecule has 0 heterocycles. The Labute approximate surface area is 167 Å². The smallest absolute Gasteiger partial charge is 0.344 e. The number of hydrogen-bond donors (Lipinski definition) is 0. The highest BCUT2D eigenvalue weighted by Crippen LogP contribution is 2.26. The summed E-state index contributed by atoms with van der Waals surface area (Å²) in [6.07, 6.45) is 4.35. The monoisotopic (exact) mass is 402 g/mol. The highest BCUT2D eigenvalue weighted by molar-refractivity contribution is 5.90. The molecule has 8 heteroatoms. The Morgan fingerprint density at radius 2 is 1.21 bits per heavy atom. The Kier molecular flexibility index (Phi) is 14.7. The summed E-state index contributed by atoms with van der Waals surface area (Å²) in [6.45, 7) is 9.74. The highest BCUT2D eigenvalue weighted by atomic mass is 17.2. The lowest BCUT2D eigenvalue weighted by Crippen LogP contribution is -2.47. The van der Waals surface area contributed by atoms with Crippen molar-refractivity contribution in [3.8, 4) is 0 Å². The van der Waals surface area contributed by atoms with Crippen molar-refractivity contribution in [1.82, 2.24) is 0 Å². The molecular formula is C20H34O8. The van der Waals surface area contributed by atoms with Gasteiger partial charge in [-0.15, -0.1) is 0 Å². The number of carbonyl (C=O) groups is 3. The molecule has 0 aliphatic carbocycles. The molecule has 0 aliphatic heterocycles. The Morgan fingerprint density at radius 1 is 0.786 bits per heavy atom. The number of esters is 3. The van der Waals surface area contributed by atoms with Gasteiger partial charge in [0, 0.05) is 0 Å². The second-order valence-corrected chi connectivity index (χ2v) is 6.33. The van der Waals surface area contributed by atoms with E-state index in [1.807, 2.05) is 20.8 Å². The van der Waals surface area contributed by atoms with Crippen molar-refractivity contribution in [2.24, 2.45) is 0 Å². The lowest BCUT2D eigenvalue weighted by atomic mass is 9.95. The fraction of sp³-hybridized carbons (Fsp3) is 0.750. The van der Waals surface area contributed by atoms with Gasteiger partial charge in [-0.05, 0) is 19.3 Å². The van der Waals surface area contributed by atoms with Crippen molar-refractivity contribution < 1.29 is 38.4 Å². The van der Waals surface area contributed by atoms with Gasteiger partial charge in [0.15, 0.2) is 0 Å². The molecular weight excluding hydrogens is 368 g/mol. The Hall–Kier alpha value is -2.09. The first-order valence-electron chi connectivity index (χ1n) is 9.89. The maximum atomic E-state index is 12.7. The summed E-state index contributed by atoms with van der Waals surface area (Å²) in [7, 11) is 0. The maximum absolute atomic E-state index is 12.7. The molecule has 0 aromatic heterocycles. The maximum Gasteiger partial charge on any atom is 0.344 e. The molecule has 0 saturated heterocycles. The summed E-state index contributed by atoms with van der Waals surface area (Å²) in [4.78, 5) is 47.0. The van der Waals surface area contributed by atoms with Gasteiger partial charge in [0.25, 0.3) is 0 Å². The average molecular weight is 402 g/mol. The SMILES string of the molecule is C=COOC(CC(=O)OCCCC)(CC(=O)OCCCC)C(=O)OCCCC. The molecule has 0 bridgehead atoms. The first kappa shape index (κ1) is 25.9. The number of ether oxygens (including phenoxy) is 3. The molecule has 0 aromatic rings. The molecule has 0 atom stereocenters. The zero-order chi connectivity index (χ0) is 21.3. The van der Waals surface area contributed by atoms with Gasteiger partial charge < -0.3 is 19.1 Å². The first-order chi connectivity index (χ1) is 13.5. The van der Waals surface area contributed by atoms with Crippen molar-refractivity contribution >= 4 is 17.9 Å². The topological polar surface area (TPSA) is 97.4 Å². The summed E-state index contributed by atoms with van der Waals surface area (Å²) in [6, 6.07) is 0. The van der Waals surface area contributed by atoms with Gasteiger partial charge in [-0.2, -0.15) is 4.89 Å². The van der Waals surface area contributed by atoms with Crippen LogP contribution in [-0.2, 0) is 38.4 Å². The van der Waals surface area contributed by atoms with E-state index in [-0.39, 0.29) is 19.8 Å². The lowest BCUT2D eigenvalue weighted by Gasteiger charge is -2.27. The average Bonchev–Trinajstić information content (AvgIpc) is 2.66. The normalized spacial score (nSPS) is 10.8. The van der Waals surface area contributed by atoms with E-state index in [2.05, 4.69) is 6.58 Å². The van der Waals surface area contributed by atoms with Crippen LogP contribution in [0, 0.1) is 0 Å². The van der Waals surface area contributed by atoms with Crippen LogP contribution in [0.15, 0.2) is 12.8 Å². The lowest BCUT2D eigenvalue weighted by molar-refractivity contribution is -0.322. The zero-order valence-electron chi connectivity index (χ0n) is 17.3. The molecule has 162 valence electrons. The molecule has 0 rings (SSSR count). The van der Waals surface area contributed by atoms with E-state index in [0.29, 0.717) is 19.3 Å². The summed E-state index contributed by atoms with van der Waals surface area (Å²) >= 11 is 0. The molecule has 8 nitrogen and oxygen atoms in total. The van der Waals surface area contributed by atoms with Gasteiger partial charge in [-0.25, -0.2) is 4.79 Å². The Bertz CT molecular complexity index is 451. The number of carbonyl (C=O) groups excluding carboxylic acids is 3. The Balaban J connectivity index is 5.34. The van der Waals surface area contributed by atoms with Gasteiger partial charge in [0.2, 0.25) is 5.60 Å². The van der Waals surface area contributed by atoms with Crippen molar-refractivity contribution in [2.45, 2.75) is 77.7 Å². The van der Waals surface area contributed by atoms with E-state index in [1.165, 1.54) is 0 Å². The van der Waals surface area contributed by atoms with Crippen LogP contribution < -0.4 is 0 Å². The summed E-state index contributed by atoms with van der Waals surface area (Å²) in [5.74, 6) is -2.28. The van der Waals surface area contributed by atoms with Crippen molar-refractivity contribution in [1.29, 1.82) is 0 Å². The first-order valence-corrected chi connectivity index (χ1v) is 9.89. The van der Waals surface area contributed by atoms with Gasteiger partial charge in [-0.3, -0.25) is 9.59 Å². The largest absolute Gasteiger partial charge is 0.466 e. The Morgan fingerprint density at radius 3 is 1.61 bits per heavy atom. The molecule has 0 radical (unpaired) electrons. The van der Waals surface area contributed by atoms with Crippen LogP contribution >= 0.6 is 0 Å². The minimum atomic E-state index is -2.01. The quantitative estimate of drug-likeness (QED) is 0.0908. The zero-order valence-corrected chi connectivity index (χ0v) is 17.3.